The zero-order valence-electron chi connectivity index (χ0n) is 8.92. The second kappa shape index (κ2) is 3.97. The maximum Gasteiger partial charge on any atom is 0.0345 e. The molecule has 2 heterocycles. The number of hydrogen-bond acceptors (Lipinski definition) is 2. The molecule has 0 spiro atoms. The van der Waals surface area contributed by atoms with E-state index in [9.17, 15) is 0 Å². The van der Waals surface area contributed by atoms with Gasteiger partial charge in [0.25, 0.3) is 0 Å². The SMILES string of the molecule is CC(C)C1CCCN(C2CNC2)C1. The summed E-state index contributed by atoms with van der Waals surface area (Å²) in [6.45, 7) is 9.88. The Morgan fingerprint density at radius 1 is 1.31 bits per heavy atom. The lowest BCUT2D eigenvalue weighted by Crippen LogP contribution is -2.59. The van der Waals surface area contributed by atoms with Gasteiger partial charge in [-0.05, 0) is 31.2 Å². The lowest BCUT2D eigenvalue weighted by molar-refractivity contribution is 0.0755. The molecule has 76 valence electrons. The summed E-state index contributed by atoms with van der Waals surface area (Å²) in [4.78, 5) is 2.70. The third kappa shape index (κ3) is 2.05. The molecule has 0 aromatic heterocycles. The normalized spacial score (nSPS) is 32.1. The molecule has 0 aromatic rings. The molecule has 0 amide bonds. The predicted molar refractivity (Wildman–Crippen MR) is 55.8 cm³/mol. The molecule has 1 unspecified atom stereocenters. The second-order valence-corrected chi connectivity index (χ2v) is 4.95. The van der Waals surface area contributed by atoms with Crippen molar-refractivity contribution < 1.29 is 0 Å². The minimum absolute atomic E-state index is 0.863. The van der Waals surface area contributed by atoms with E-state index in [1.54, 1.807) is 0 Å². The summed E-state index contributed by atoms with van der Waals surface area (Å²) >= 11 is 0. The van der Waals surface area contributed by atoms with Crippen LogP contribution in [0.2, 0.25) is 0 Å². The van der Waals surface area contributed by atoms with Gasteiger partial charge in [0.2, 0.25) is 0 Å². The van der Waals surface area contributed by atoms with Crippen LogP contribution in [0.25, 0.3) is 0 Å². The van der Waals surface area contributed by atoms with E-state index >= 15 is 0 Å². The molecule has 0 aromatic carbocycles. The molecule has 0 bridgehead atoms. The maximum absolute atomic E-state index is 3.36. The van der Waals surface area contributed by atoms with Crippen LogP contribution in [0.1, 0.15) is 26.7 Å². The molecule has 2 aliphatic heterocycles. The molecule has 1 N–H and O–H groups in total. The van der Waals surface area contributed by atoms with Crippen molar-refractivity contribution in [3.8, 4) is 0 Å². The van der Waals surface area contributed by atoms with Crippen molar-refractivity contribution in [2.75, 3.05) is 26.2 Å². The molecule has 2 saturated heterocycles. The van der Waals surface area contributed by atoms with Gasteiger partial charge in [0.15, 0.2) is 0 Å². The predicted octanol–water partition coefficient (Wildman–Crippen LogP) is 1.33. The zero-order valence-corrected chi connectivity index (χ0v) is 8.92. The van der Waals surface area contributed by atoms with Crippen molar-refractivity contribution >= 4 is 0 Å². The first-order valence-electron chi connectivity index (χ1n) is 5.72. The molecular weight excluding hydrogens is 160 g/mol. The van der Waals surface area contributed by atoms with Gasteiger partial charge in [-0.25, -0.2) is 0 Å². The summed E-state index contributed by atoms with van der Waals surface area (Å²) in [5, 5.41) is 3.36. The number of likely N-dealkylation sites (tertiary alicyclic amines) is 1. The van der Waals surface area contributed by atoms with E-state index in [1.807, 2.05) is 0 Å². The van der Waals surface area contributed by atoms with Crippen molar-refractivity contribution in [3.05, 3.63) is 0 Å². The van der Waals surface area contributed by atoms with Crippen LogP contribution in [0.4, 0.5) is 0 Å². The van der Waals surface area contributed by atoms with Crippen LogP contribution < -0.4 is 5.32 Å². The van der Waals surface area contributed by atoms with Gasteiger partial charge in [-0.1, -0.05) is 13.8 Å². The van der Waals surface area contributed by atoms with E-state index in [0.29, 0.717) is 0 Å². The summed E-state index contributed by atoms with van der Waals surface area (Å²) in [7, 11) is 0. The Kier molecular flexibility index (Phi) is 2.89. The van der Waals surface area contributed by atoms with Gasteiger partial charge in [0, 0.05) is 25.7 Å². The van der Waals surface area contributed by atoms with Crippen LogP contribution in [0.15, 0.2) is 0 Å². The number of hydrogen-bond donors (Lipinski definition) is 1. The van der Waals surface area contributed by atoms with E-state index in [4.69, 9.17) is 0 Å². The molecule has 0 aliphatic carbocycles. The Morgan fingerprint density at radius 2 is 2.08 bits per heavy atom. The Labute approximate surface area is 81.7 Å². The highest BCUT2D eigenvalue weighted by molar-refractivity contribution is 4.88. The first-order valence-corrected chi connectivity index (χ1v) is 5.72. The standard InChI is InChI=1S/C11H22N2/c1-9(2)10-4-3-5-13(8-10)11-6-12-7-11/h9-12H,3-8H2,1-2H3. The number of nitrogens with one attached hydrogen (secondary N) is 1. The van der Waals surface area contributed by atoms with Crippen molar-refractivity contribution in [2.24, 2.45) is 11.8 Å². The lowest BCUT2D eigenvalue weighted by atomic mass is 9.87. The third-order valence-electron chi connectivity index (χ3n) is 3.71. The van der Waals surface area contributed by atoms with Gasteiger partial charge >= 0.3 is 0 Å². The van der Waals surface area contributed by atoms with Crippen LogP contribution in [0.3, 0.4) is 0 Å². The van der Waals surface area contributed by atoms with Gasteiger partial charge in [0.05, 0.1) is 0 Å². The lowest BCUT2D eigenvalue weighted by Gasteiger charge is -2.43. The van der Waals surface area contributed by atoms with Crippen LogP contribution in [0, 0.1) is 11.8 Å². The highest BCUT2D eigenvalue weighted by Crippen LogP contribution is 2.25. The fourth-order valence-corrected chi connectivity index (χ4v) is 2.45. The summed E-state index contributed by atoms with van der Waals surface area (Å²) < 4.78 is 0. The molecule has 2 fully saturated rings. The fraction of sp³-hybridized carbons (Fsp3) is 1.00. The van der Waals surface area contributed by atoms with Gasteiger partial charge in [-0.2, -0.15) is 0 Å². The van der Waals surface area contributed by atoms with Crippen molar-refractivity contribution in [1.82, 2.24) is 10.2 Å². The van der Waals surface area contributed by atoms with Crippen LogP contribution >= 0.6 is 0 Å². The van der Waals surface area contributed by atoms with E-state index in [-0.39, 0.29) is 0 Å². The smallest absolute Gasteiger partial charge is 0.0345 e. The van der Waals surface area contributed by atoms with E-state index in [1.165, 1.54) is 39.0 Å². The topological polar surface area (TPSA) is 15.3 Å². The quantitative estimate of drug-likeness (QED) is 0.693. The van der Waals surface area contributed by atoms with Crippen molar-refractivity contribution in [3.63, 3.8) is 0 Å². The zero-order chi connectivity index (χ0) is 9.26. The molecule has 2 rings (SSSR count). The summed E-state index contributed by atoms with van der Waals surface area (Å²) in [5.74, 6) is 1.82. The Hall–Kier alpha value is -0.0800. The number of piperidine rings is 1. The van der Waals surface area contributed by atoms with Gasteiger partial charge in [0.1, 0.15) is 0 Å². The van der Waals surface area contributed by atoms with Crippen molar-refractivity contribution in [1.29, 1.82) is 0 Å². The largest absolute Gasteiger partial charge is 0.314 e. The molecule has 0 saturated carbocycles. The average molecular weight is 182 g/mol. The first kappa shape index (κ1) is 9.47. The summed E-state index contributed by atoms with van der Waals surface area (Å²) in [5.41, 5.74) is 0. The molecule has 13 heavy (non-hydrogen) atoms. The van der Waals surface area contributed by atoms with Crippen LogP contribution in [0.5, 0.6) is 0 Å². The second-order valence-electron chi connectivity index (χ2n) is 4.95. The monoisotopic (exact) mass is 182 g/mol. The highest BCUT2D eigenvalue weighted by Gasteiger charge is 2.29. The molecule has 2 aliphatic rings. The summed E-state index contributed by atoms with van der Waals surface area (Å²) in [6.07, 6.45) is 2.87. The van der Waals surface area contributed by atoms with Crippen LogP contribution in [-0.4, -0.2) is 37.1 Å². The molecular formula is C11H22N2. The van der Waals surface area contributed by atoms with Gasteiger partial charge in [-0.15, -0.1) is 0 Å². The molecule has 2 nitrogen and oxygen atoms in total. The maximum atomic E-state index is 3.36. The fourth-order valence-electron chi connectivity index (χ4n) is 2.45. The molecule has 2 heteroatoms. The summed E-state index contributed by atoms with van der Waals surface area (Å²) in [6, 6.07) is 0.863. The van der Waals surface area contributed by atoms with Crippen molar-refractivity contribution in [2.45, 2.75) is 32.7 Å². The minimum atomic E-state index is 0.863. The Morgan fingerprint density at radius 3 is 2.62 bits per heavy atom. The molecule has 1 atom stereocenters. The number of rotatable bonds is 2. The first-order chi connectivity index (χ1) is 6.27. The molecule has 0 radical (unpaired) electrons. The van der Waals surface area contributed by atoms with E-state index in [0.717, 1.165) is 17.9 Å². The van der Waals surface area contributed by atoms with Crippen LogP contribution in [-0.2, 0) is 0 Å². The average Bonchev–Trinajstić information content (AvgIpc) is 2.01. The minimum Gasteiger partial charge on any atom is -0.314 e. The Bertz CT molecular complexity index is 163. The van der Waals surface area contributed by atoms with Gasteiger partial charge < -0.3 is 5.32 Å². The van der Waals surface area contributed by atoms with E-state index in [2.05, 4.69) is 24.1 Å². The van der Waals surface area contributed by atoms with E-state index < -0.39 is 0 Å². The number of nitrogens with zero attached hydrogens (tertiary/aromatic N) is 1. The van der Waals surface area contributed by atoms with Gasteiger partial charge in [-0.3, -0.25) is 4.90 Å². The Balaban J connectivity index is 1.84. The highest BCUT2D eigenvalue weighted by atomic mass is 15.2. The third-order valence-corrected chi connectivity index (χ3v) is 3.71.